The Kier molecular flexibility index (Phi) is 9.62. The first-order chi connectivity index (χ1) is 16.9. The van der Waals surface area contributed by atoms with Crippen LogP contribution in [-0.4, -0.2) is 35.9 Å². The Balaban J connectivity index is 1.75. The molecule has 0 saturated heterocycles. The third-order valence-corrected chi connectivity index (χ3v) is 16.4. The van der Waals surface area contributed by atoms with Crippen molar-refractivity contribution in [1.82, 2.24) is 0 Å². The van der Waals surface area contributed by atoms with Crippen LogP contribution in [0.4, 0.5) is 0 Å². The molecule has 0 spiro atoms. The molecule has 0 heterocycles. The van der Waals surface area contributed by atoms with Crippen molar-refractivity contribution in [2.75, 3.05) is 12.8 Å². The summed E-state index contributed by atoms with van der Waals surface area (Å²) < 4.78 is 5.29. The summed E-state index contributed by atoms with van der Waals surface area (Å²) in [5.74, 6) is -1.51. The van der Waals surface area contributed by atoms with E-state index in [-0.39, 0.29) is 19.4 Å². The van der Waals surface area contributed by atoms with Crippen LogP contribution in [0.5, 0.6) is 0 Å². The van der Waals surface area contributed by atoms with Gasteiger partial charge in [0.25, 0.3) is 0 Å². The number of hydrogen-bond donors (Lipinski definition) is 2. The summed E-state index contributed by atoms with van der Waals surface area (Å²) >= 11 is 4.44. The summed E-state index contributed by atoms with van der Waals surface area (Å²) in [5.41, 5.74) is 5.74. The summed E-state index contributed by atoms with van der Waals surface area (Å²) in [6, 6.07) is 31.1. The second-order valence-electron chi connectivity index (χ2n) is 8.68. The molecule has 3 aromatic carbocycles. The number of hydrogen-bond acceptors (Lipinski definition) is 4. The summed E-state index contributed by atoms with van der Waals surface area (Å²) in [6.45, 7) is 0.278. The topological polar surface area (TPSA) is 89.6 Å². The van der Waals surface area contributed by atoms with Gasteiger partial charge in [0.2, 0.25) is 0 Å². The van der Waals surface area contributed by atoms with Crippen molar-refractivity contribution in [1.29, 1.82) is 0 Å². The second-order valence-corrected chi connectivity index (χ2v) is 17.7. The molecule has 3 rings (SSSR count). The van der Waals surface area contributed by atoms with Crippen molar-refractivity contribution < 1.29 is 19.4 Å². The van der Waals surface area contributed by atoms with Crippen molar-refractivity contribution in [3.63, 3.8) is 0 Å². The molecule has 0 aliphatic rings. The summed E-state index contributed by atoms with van der Waals surface area (Å²) in [5, 5.41) is 9.66. The number of carboxylic acids is 1. The van der Waals surface area contributed by atoms with Gasteiger partial charge in [-0.2, -0.15) is 0 Å². The molecule has 35 heavy (non-hydrogen) atoms. The Morgan fingerprint density at radius 2 is 1.26 bits per heavy atom. The van der Waals surface area contributed by atoms with Gasteiger partial charge in [-0.3, -0.25) is 0 Å². The van der Waals surface area contributed by atoms with Crippen molar-refractivity contribution in [2.45, 2.75) is 38.1 Å². The molecule has 0 bridgehead atoms. The molecule has 1 atom stereocenters. The van der Waals surface area contributed by atoms with Gasteiger partial charge >= 0.3 is 216 Å². The van der Waals surface area contributed by atoms with Gasteiger partial charge in [-0.25, -0.2) is 0 Å². The Bertz CT molecular complexity index is 996. The Morgan fingerprint density at radius 1 is 0.800 bits per heavy atom. The first-order valence-corrected chi connectivity index (χ1v) is 16.3. The number of ether oxygens (including phenoxy) is 1. The van der Waals surface area contributed by atoms with Gasteiger partial charge in [-0.15, -0.1) is 0 Å². The average molecular weight is 558 g/mol. The number of nitrogens with two attached hydrogens (primary N) is 1. The van der Waals surface area contributed by atoms with Crippen molar-refractivity contribution in [3.8, 4) is 0 Å². The molecule has 0 fully saturated rings. The Morgan fingerprint density at radius 3 is 1.69 bits per heavy atom. The quantitative estimate of drug-likeness (QED) is 0.180. The number of aliphatic carboxylic acids is 1. The molecule has 0 aliphatic carbocycles. The predicted octanol–water partition coefficient (Wildman–Crippen LogP) is 4.73. The van der Waals surface area contributed by atoms with E-state index in [0.29, 0.717) is 0 Å². The van der Waals surface area contributed by atoms with Crippen LogP contribution < -0.4 is 21.6 Å². The molecule has 3 aromatic rings. The standard InChI is InChI=1S/C28H33BrNO4P/c29-35(23-13-5-1-6-14-23,24-15-7-2-8-16-24,25-17-9-3-10-18-25)22-12-4-11-21-34-28(33)26(30)19-20-27(31)32/h1-3,5-10,13-18,26H,4,11-12,19-22,30H2,(H,31,32)/t26-/m0/s1. The molecule has 7 heteroatoms. The first kappa shape index (κ1) is 27.1. The molecule has 0 radical (unpaired) electrons. The normalized spacial score (nSPS) is 13.4. The molecule has 186 valence electrons. The molecular weight excluding hydrogens is 525 g/mol. The number of esters is 1. The fourth-order valence-corrected chi connectivity index (χ4v) is 12.2. The van der Waals surface area contributed by atoms with Crippen LogP contribution in [0.25, 0.3) is 0 Å². The molecule has 0 unspecified atom stereocenters. The average Bonchev–Trinajstić information content (AvgIpc) is 2.90. The first-order valence-electron chi connectivity index (χ1n) is 11.9. The molecule has 0 aliphatic heterocycles. The minimum atomic E-state index is -2.93. The monoisotopic (exact) mass is 557 g/mol. The van der Waals surface area contributed by atoms with E-state index >= 15 is 0 Å². The van der Waals surface area contributed by atoms with Gasteiger partial charge in [0.05, 0.1) is 0 Å². The number of unbranched alkanes of at least 4 members (excludes halogenated alkanes) is 2. The van der Waals surface area contributed by atoms with Crippen LogP contribution in [0.15, 0.2) is 91.0 Å². The van der Waals surface area contributed by atoms with Gasteiger partial charge in [-0.05, 0) is 0 Å². The van der Waals surface area contributed by atoms with Crippen LogP contribution in [-0.2, 0) is 14.3 Å². The van der Waals surface area contributed by atoms with E-state index in [4.69, 9.17) is 15.6 Å². The van der Waals surface area contributed by atoms with Gasteiger partial charge in [0, 0.05) is 0 Å². The number of benzene rings is 3. The Labute approximate surface area is 215 Å². The minimum absolute atomic E-state index is 0.0810. The maximum atomic E-state index is 12.0. The van der Waals surface area contributed by atoms with Crippen LogP contribution in [0.2, 0.25) is 0 Å². The van der Waals surface area contributed by atoms with E-state index in [1.807, 2.05) is 18.2 Å². The zero-order valence-electron chi connectivity index (χ0n) is 19.8. The number of halogens is 1. The van der Waals surface area contributed by atoms with E-state index in [1.54, 1.807) is 0 Å². The molecule has 0 amide bonds. The zero-order valence-corrected chi connectivity index (χ0v) is 22.2. The van der Waals surface area contributed by atoms with Gasteiger partial charge in [0.15, 0.2) is 0 Å². The van der Waals surface area contributed by atoms with Crippen LogP contribution in [0.1, 0.15) is 32.1 Å². The number of carboxylic acid groups (broad SMARTS) is 1. The fourth-order valence-electron chi connectivity index (χ4n) is 4.42. The zero-order chi connectivity index (χ0) is 25.2. The molecular formula is C28H33BrNO4P. The van der Waals surface area contributed by atoms with Gasteiger partial charge in [0.1, 0.15) is 0 Å². The van der Waals surface area contributed by atoms with E-state index < -0.39 is 23.3 Å². The SMILES string of the molecule is N[C@@H](CCC(=O)O)C(=O)OCCCCCP(Br)(c1ccccc1)(c1ccccc1)c1ccccc1. The summed E-state index contributed by atoms with van der Waals surface area (Å²) in [6.07, 6.45) is 3.40. The summed E-state index contributed by atoms with van der Waals surface area (Å²) in [7, 11) is 0. The predicted molar refractivity (Wildman–Crippen MR) is 149 cm³/mol. The maximum absolute atomic E-state index is 12.0. The number of carbonyl (C=O) groups excluding carboxylic acids is 1. The molecule has 0 saturated carbocycles. The van der Waals surface area contributed by atoms with E-state index in [2.05, 4.69) is 88.3 Å². The van der Waals surface area contributed by atoms with E-state index in [0.717, 1.165) is 25.4 Å². The van der Waals surface area contributed by atoms with Crippen LogP contribution in [0, 0.1) is 0 Å². The Hall–Kier alpha value is -2.53. The number of rotatable bonds is 13. The third-order valence-electron chi connectivity index (χ3n) is 6.32. The molecule has 3 N–H and O–H groups in total. The van der Waals surface area contributed by atoms with Crippen molar-refractivity contribution >= 4 is 48.6 Å². The van der Waals surface area contributed by atoms with Crippen molar-refractivity contribution in [3.05, 3.63) is 91.0 Å². The van der Waals surface area contributed by atoms with E-state index in [9.17, 15) is 9.59 Å². The van der Waals surface area contributed by atoms with Gasteiger partial charge in [-0.1, -0.05) is 0 Å². The van der Waals surface area contributed by atoms with Crippen LogP contribution in [0.3, 0.4) is 0 Å². The summed E-state index contributed by atoms with van der Waals surface area (Å²) in [4.78, 5) is 22.7. The van der Waals surface area contributed by atoms with Crippen LogP contribution >= 0.6 is 20.8 Å². The molecule has 0 aromatic heterocycles. The second kappa shape index (κ2) is 12.4. The van der Waals surface area contributed by atoms with Crippen molar-refractivity contribution in [2.24, 2.45) is 5.73 Å². The fraction of sp³-hybridized carbons (Fsp3) is 0.286. The van der Waals surface area contributed by atoms with E-state index in [1.165, 1.54) is 15.9 Å². The third kappa shape index (κ3) is 6.38. The number of carbonyl (C=O) groups is 2. The van der Waals surface area contributed by atoms with Gasteiger partial charge < -0.3 is 0 Å². The molecule has 5 nitrogen and oxygen atoms in total.